The van der Waals surface area contributed by atoms with Crippen molar-refractivity contribution >= 4 is 29.9 Å². The SMILES string of the molecule is CCCCOc1cccc(CN=C(NCC)NCc2ncnn2C)c1.I. The van der Waals surface area contributed by atoms with E-state index in [1.807, 2.05) is 32.2 Å². The molecule has 0 aliphatic heterocycles. The van der Waals surface area contributed by atoms with Gasteiger partial charge in [-0.25, -0.2) is 9.98 Å². The summed E-state index contributed by atoms with van der Waals surface area (Å²) in [6, 6.07) is 8.10. The molecule has 0 radical (unpaired) electrons. The molecule has 7 nitrogen and oxygen atoms in total. The first-order valence-corrected chi connectivity index (χ1v) is 8.79. The molecule has 0 atom stereocenters. The van der Waals surface area contributed by atoms with Gasteiger partial charge in [-0.3, -0.25) is 4.68 Å². The quantitative estimate of drug-likeness (QED) is 0.254. The second-order valence-corrected chi connectivity index (χ2v) is 5.70. The van der Waals surface area contributed by atoms with E-state index in [0.29, 0.717) is 13.1 Å². The number of ether oxygens (including phenoxy) is 1. The molecule has 2 N–H and O–H groups in total. The van der Waals surface area contributed by atoms with E-state index >= 15 is 0 Å². The Morgan fingerprint density at radius 3 is 2.81 bits per heavy atom. The van der Waals surface area contributed by atoms with Crippen molar-refractivity contribution in [3.63, 3.8) is 0 Å². The predicted octanol–water partition coefficient (Wildman–Crippen LogP) is 2.87. The van der Waals surface area contributed by atoms with Crippen LogP contribution >= 0.6 is 24.0 Å². The molecule has 0 saturated carbocycles. The maximum absolute atomic E-state index is 5.75. The zero-order valence-corrected chi connectivity index (χ0v) is 18.1. The number of benzene rings is 1. The highest BCUT2D eigenvalue weighted by atomic mass is 127. The van der Waals surface area contributed by atoms with Crippen LogP contribution < -0.4 is 15.4 Å². The van der Waals surface area contributed by atoms with Gasteiger partial charge < -0.3 is 15.4 Å². The third-order valence-corrected chi connectivity index (χ3v) is 3.65. The number of hydrogen-bond donors (Lipinski definition) is 2. The number of guanidine groups is 1. The van der Waals surface area contributed by atoms with Crippen molar-refractivity contribution in [2.45, 2.75) is 39.8 Å². The molecule has 0 aliphatic rings. The smallest absolute Gasteiger partial charge is 0.191 e. The molecule has 1 aromatic heterocycles. The summed E-state index contributed by atoms with van der Waals surface area (Å²) in [4.78, 5) is 8.84. The second-order valence-electron chi connectivity index (χ2n) is 5.70. The van der Waals surface area contributed by atoms with Crippen LogP contribution in [0.4, 0.5) is 0 Å². The van der Waals surface area contributed by atoms with Crippen LogP contribution in [0.25, 0.3) is 0 Å². The first kappa shape index (κ1) is 22.2. The first-order chi connectivity index (χ1) is 12.2. The molecule has 8 heteroatoms. The van der Waals surface area contributed by atoms with E-state index in [-0.39, 0.29) is 24.0 Å². The van der Waals surface area contributed by atoms with E-state index in [2.05, 4.69) is 38.7 Å². The third kappa shape index (κ3) is 7.59. The number of halogens is 1. The van der Waals surface area contributed by atoms with Gasteiger partial charge in [0.2, 0.25) is 0 Å². The normalized spacial score (nSPS) is 11.0. The molecule has 2 rings (SSSR count). The van der Waals surface area contributed by atoms with Gasteiger partial charge in [0.15, 0.2) is 5.96 Å². The summed E-state index contributed by atoms with van der Waals surface area (Å²) in [6.07, 6.45) is 3.75. The molecule has 1 heterocycles. The van der Waals surface area contributed by atoms with Crippen LogP contribution in [0.5, 0.6) is 5.75 Å². The first-order valence-electron chi connectivity index (χ1n) is 8.79. The zero-order chi connectivity index (χ0) is 17.9. The average molecular weight is 472 g/mol. The molecule has 0 bridgehead atoms. The summed E-state index contributed by atoms with van der Waals surface area (Å²) in [6.45, 7) is 6.91. The molecule has 0 unspecified atom stereocenters. The van der Waals surface area contributed by atoms with Gasteiger partial charge in [0, 0.05) is 13.6 Å². The fourth-order valence-corrected chi connectivity index (χ4v) is 2.22. The van der Waals surface area contributed by atoms with Gasteiger partial charge in [0.25, 0.3) is 0 Å². The van der Waals surface area contributed by atoms with Crippen molar-refractivity contribution in [1.82, 2.24) is 25.4 Å². The summed E-state index contributed by atoms with van der Waals surface area (Å²) in [5, 5.41) is 10.6. The van der Waals surface area contributed by atoms with Gasteiger partial charge in [0.05, 0.1) is 19.7 Å². The molecule has 0 saturated heterocycles. The number of aromatic nitrogens is 3. The Kier molecular flexibility index (Phi) is 10.7. The Bertz CT molecular complexity index is 673. The second kappa shape index (κ2) is 12.5. The molecule has 0 fully saturated rings. The summed E-state index contributed by atoms with van der Waals surface area (Å²) < 4.78 is 7.50. The Morgan fingerprint density at radius 1 is 1.27 bits per heavy atom. The molecule has 2 aromatic rings. The maximum Gasteiger partial charge on any atom is 0.191 e. The van der Waals surface area contributed by atoms with Gasteiger partial charge in [-0.1, -0.05) is 25.5 Å². The average Bonchev–Trinajstić information content (AvgIpc) is 3.03. The van der Waals surface area contributed by atoms with Crippen molar-refractivity contribution in [2.24, 2.45) is 12.0 Å². The van der Waals surface area contributed by atoms with Gasteiger partial charge in [-0.2, -0.15) is 5.10 Å². The number of aryl methyl sites for hydroxylation is 1. The topological polar surface area (TPSA) is 76.4 Å². The Morgan fingerprint density at radius 2 is 2.12 bits per heavy atom. The zero-order valence-electron chi connectivity index (χ0n) is 15.7. The van der Waals surface area contributed by atoms with Crippen molar-refractivity contribution in [3.8, 4) is 5.75 Å². The minimum absolute atomic E-state index is 0. The van der Waals surface area contributed by atoms with E-state index in [0.717, 1.165) is 49.1 Å². The number of nitrogens with zero attached hydrogens (tertiary/aromatic N) is 4. The van der Waals surface area contributed by atoms with E-state index in [9.17, 15) is 0 Å². The Balaban J connectivity index is 0.00000338. The van der Waals surface area contributed by atoms with E-state index in [1.165, 1.54) is 0 Å². The van der Waals surface area contributed by atoms with Crippen molar-refractivity contribution in [2.75, 3.05) is 13.2 Å². The highest BCUT2D eigenvalue weighted by molar-refractivity contribution is 14.0. The van der Waals surface area contributed by atoms with Crippen molar-refractivity contribution in [3.05, 3.63) is 42.0 Å². The lowest BCUT2D eigenvalue weighted by atomic mass is 10.2. The summed E-state index contributed by atoms with van der Waals surface area (Å²) in [5.74, 6) is 2.51. The monoisotopic (exact) mass is 472 g/mol. The van der Waals surface area contributed by atoms with E-state index in [1.54, 1.807) is 11.0 Å². The highest BCUT2D eigenvalue weighted by Crippen LogP contribution is 2.14. The Labute approximate surface area is 172 Å². The standard InChI is InChI=1S/C18H28N6O.HI/c1-4-6-10-25-16-9-7-8-15(11-16)12-20-18(19-5-2)21-13-17-22-14-23-24(17)3;/h7-9,11,14H,4-6,10,12-13H2,1-3H3,(H2,19,20,21);1H. The molecule has 144 valence electrons. The van der Waals surface area contributed by atoms with Crippen LogP contribution in [0, 0.1) is 0 Å². The van der Waals surface area contributed by atoms with Crippen LogP contribution in [0.3, 0.4) is 0 Å². The maximum atomic E-state index is 5.75. The minimum atomic E-state index is 0. The van der Waals surface area contributed by atoms with Crippen LogP contribution in [0.1, 0.15) is 38.1 Å². The number of aliphatic imine (C=N–C) groups is 1. The van der Waals surface area contributed by atoms with Gasteiger partial charge in [0.1, 0.15) is 17.9 Å². The van der Waals surface area contributed by atoms with Crippen LogP contribution in [0.15, 0.2) is 35.6 Å². The number of hydrogen-bond acceptors (Lipinski definition) is 4. The largest absolute Gasteiger partial charge is 0.494 e. The van der Waals surface area contributed by atoms with Crippen LogP contribution in [-0.2, 0) is 20.1 Å². The number of unbranched alkanes of at least 4 members (excludes halogenated alkanes) is 1. The Hall–Kier alpha value is -1.84. The molecule has 26 heavy (non-hydrogen) atoms. The molecule has 1 aromatic carbocycles. The third-order valence-electron chi connectivity index (χ3n) is 3.65. The van der Waals surface area contributed by atoms with Crippen molar-refractivity contribution in [1.29, 1.82) is 0 Å². The van der Waals surface area contributed by atoms with E-state index in [4.69, 9.17) is 4.74 Å². The number of nitrogens with one attached hydrogen (secondary N) is 2. The van der Waals surface area contributed by atoms with E-state index < -0.39 is 0 Å². The summed E-state index contributed by atoms with van der Waals surface area (Å²) in [5.41, 5.74) is 1.12. The minimum Gasteiger partial charge on any atom is -0.494 e. The fraction of sp³-hybridized carbons (Fsp3) is 0.500. The summed E-state index contributed by atoms with van der Waals surface area (Å²) >= 11 is 0. The molecule has 0 aliphatic carbocycles. The lowest BCUT2D eigenvalue weighted by Gasteiger charge is -2.11. The van der Waals surface area contributed by atoms with Crippen LogP contribution in [-0.4, -0.2) is 33.9 Å². The molecular weight excluding hydrogens is 443 g/mol. The van der Waals surface area contributed by atoms with Crippen molar-refractivity contribution < 1.29 is 4.74 Å². The number of rotatable bonds is 9. The lowest BCUT2D eigenvalue weighted by Crippen LogP contribution is -2.37. The molecular formula is C18H29IN6O. The fourth-order valence-electron chi connectivity index (χ4n) is 2.22. The summed E-state index contributed by atoms with van der Waals surface area (Å²) in [7, 11) is 1.87. The molecule has 0 amide bonds. The molecule has 0 spiro atoms. The van der Waals surface area contributed by atoms with Gasteiger partial charge in [-0.05, 0) is 31.0 Å². The van der Waals surface area contributed by atoms with Gasteiger partial charge >= 0.3 is 0 Å². The highest BCUT2D eigenvalue weighted by Gasteiger charge is 2.03. The predicted molar refractivity (Wildman–Crippen MR) is 115 cm³/mol. The lowest BCUT2D eigenvalue weighted by molar-refractivity contribution is 0.309. The van der Waals surface area contributed by atoms with Crippen LogP contribution in [0.2, 0.25) is 0 Å². The van der Waals surface area contributed by atoms with Gasteiger partial charge in [-0.15, -0.1) is 24.0 Å².